The summed E-state index contributed by atoms with van der Waals surface area (Å²) in [6.45, 7) is 5.27. The highest BCUT2D eigenvalue weighted by Crippen LogP contribution is 2.26. The summed E-state index contributed by atoms with van der Waals surface area (Å²) in [5.74, 6) is -0.807. The second-order valence-electron chi connectivity index (χ2n) is 7.42. The number of carbonyl (C=O) groups is 2. The first-order valence-corrected chi connectivity index (χ1v) is 13.0. The second kappa shape index (κ2) is 11.2. The van der Waals surface area contributed by atoms with Crippen LogP contribution < -0.4 is 9.62 Å². The van der Waals surface area contributed by atoms with Crippen LogP contribution in [0, 0.1) is 6.92 Å². The molecule has 1 atom stereocenters. The van der Waals surface area contributed by atoms with Crippen LogP contribution in [-0.4, -0.2) is 50.5 Å². The van der Waals surface area contributed by atoms with Gasteiger partial charge in [0.15, 0.2) is 0 Å². The third-order valence-electron chi connectivity index (χ3n) is 4.89. The molecule has 2 amide bonds. The van der Waals surface area contributed by atoms with Crippen LogP contribution in [0.1, 0.15) is 25.0 Å². The number of hydrogen-bond donors (Lipinski definition) is 1. The van der Waals surface area contributed by atoms with E-state index in [9.17, 15) is 18.0 Å². The van der Waals surface area contributed by atoms with E-state index in [-0.39, 0.29) is 12.5 Å². The van der Waals surface area contributed by atoms with Crippen molar-refractivity contribution in [2.24, 2.45) is 0 Å². The summed E-state index contributed by atoms with van der Waals surface area (Å²) >= 11 is 9.39. The number of sulfonamides is 1. The molecule has 0 aromatic heterocycles. The molecule has 0 bridgehead atoms. The Bertz CT molecular complexity index is 1080. The van der Waals surface area contributed by atoms with Crippen LogP contribution in [-0.2, 0) is 26.2 Å². The number of halogens is 2. The van der Waals surface area contributed by atoms with E-state index in [0.717, 1.165) is 20.6 Å². The van der Waals surface area contributed by atoms with Crippen molar-refractivity contribution < 1.29 is 18.0 Å². The maximum atomic E-state index is 13.4. The molecule has 0 spiro atoms. The normalized spacial score (nSPS) is 12.2. The molecule has 0 aliphatic carbocycles. The summed E-state index contributed by atoms with van der Waals surface area (Å²) in [6.07, 6.45) is 1.04. The summed E-state index contributed by atoms with van der Waals surface area (Å²) in [5, 5.41) is 3.18. The quantitative estimate of drug-likeness (QED) is 0.521. The lowest BCUT2D eigenvalue weighted by atomic mass is 10.1. The van der Waals surface area contributed by atoms with Gasteiger partial charge < -0.3 is 10.2 Å². The predicted molar refractivity (Wildman–Crippen MR) is 131 cm³/mol. The van der Waals surface area contributed by atoms with Crippen molar-refractivity contribution in [3.8, 4) is 0 Å². The van der Waals surface area contributed by atoms with Gasteiger partial charge in [-0.25, -0.2) is 8.42 Å². The Morgan fingerprint density at radius 1 is 1.16 bits per heavy atom. The standard InChI is InChI=1S/C22H27BrClN3O4S/c1-5-25-22(29)16(3)26(13-17-6-8-18(23)9-7-17)21(28)14-27(32(4,30)31)20-11-10-19(24)12-15(20)2/h6-12,16H,5,13-14H2,1-4H3,(H,25,29)/t16-/m0/s1. The van der Waals surface area contributed by atoms with Crippen molar-refractivity contribution in [3.05, 3.63) is 63.1 Å². The van der Waals surface area contributed by atoms with Crippen LogP contribution in [0.5, 0.6) is 0 Å². The van der Waals surface area contributed by atoms with Crippen LogP contribution in [0.15, 0.2) is 46.9 Å². The first-order chi connectivity index (χ1) is 14.9. The van der Waals surface area contributed by atoms with Crippen molar-refractivity contribution in [1.82, 2.24) is 10.2 Å². The number of likely N-dealkylation sites (N-methyl/N-ethyl adjacent to an activating group) is 1. The van der Waals surface area contributed by atoms with E-state index in [1.807, 2.05) is 24.3 Å². The summed E-state index contributed by atoms with van der Waals surface area (Å²) in [4.78, 5) is 27.3. The molecule has 0 fully saturated rings. The number of aryl methyl sites for hydroxylation is 1. The topological polar surface area (TPSA) is 86.8 Å². The molecule has 7 nitrogen and oxygen atoms in total. The maximum Gasteiger partial charge on any atom is 0.244 e. The van der Waals surface area contributed by atoms with Gasteiger partial charge in [-0.2, -0.15) is 0 Å². The van der Waals surface area contributed by atoms with Crippen LogP contribution in [0.25, 0.3) is 0 Å². The first-order valence-electron chi connectivity index (χ1n) is 9.99. The average molecular weight is 545 g/mol. The Kier molecular flexibility index (Phi) is 9.12. The van der Waals surface area contributed by atoms with Gasteiger partial charge in [-0.3, -0.25) is 13.9 Å². The van der Waals surface area contributed by atoms with Gasteiger partial charge in [-0.1, -0.05) is 39.7 Å². The molecule has 0 saturated carbocycles. The van der Waals surface area contributed by atoms with Crippen LogP contribution in [0.3, 0.4) is 0 Å². The SMILES string of the molecule is CCNC(=O)[C@H](C)N(Cc1ccc(Br)cc1)C(=O)CN(c1ccc(Cl)cc1C)S(C)(=O)=O. The van der Waals surface area contributed by atoms with E-state index < -0.39 is 28.5 Å². The lowest BCUT2D eigenvalue weighted by Gasteiger charge is -2.31. The molecule has 2 rings (SSSR count). The number of hydrogen-bond acceptors (Lipinski definition) is 4. The second-order valence-corrected chi connectivity index (χ2v) is 10.7. The number of carbonyl (C=O) groups excluding carboxylic acids is 2. The molecular weight excluding hydrogens is 518 g/mol. The van der Waals surface area contributed by atoms with E-state index in [1.54, 1.807) is 39.0 Å². The minimum atomic E-state index is -3.78. The van der Waals surface area contributed by atoms with E-state index >= 15 is 0 Å². The summed E-state index contributed by atoms with van der Waals surface area (Å²) in [7, 11) is -3.78. The number of rotatable bonds is 9. The molecule has 2 aromatic carbocycles. The molecule has 0 heterocycles. The third kappa shape index (κ3) is 6.95. The molecule has 32 heavy (non-hydrogen) atoms. The van der Waals surface area contributed by atoms with Gasteiger partial charge in [0.05, 0.1) is 11.9 Å². The van der Waals surface area contributed by atoms with E-state index in [1.165, 1.54) is 4.90 Å². The first kappa shape index (κ1) is 26.2. The van der Waals surface area contributed by atoms with E-state index in [2.05, 4.69) is 21.2 Å². The fourth-order valence-electron chi connectivity index (χ4n) is 3.18. The number of benzene rings is 2. The Labute approximate surface area is 202 Å². The van der Waals surface area contributed by atoms with Gasteiger partial charge in [-0.15, -0.1) is 0 Å². The summed E-state index contributed by atoms with van der Waals surface area (Å²) in [6, 6.07) is 11.3. The molecular formula is C22H27BrClN3O4S. The number of nitrogens with one attached hydrogen (secondary N) is 1. The molecule has 2 aromatic rings. The summed E-state index contributed by atoms with van der Waals surface area (Å²) < 4.78 is 27.1. The molecule has 10 heteroatoms. The molecule has 0 radical (unpaired) electrons. The fourth-order valence-corrected chi connectivity index (χ4v) is 4.58. The average Bonchev–Trinajstić information content (AvgIpc) is 2.71. The van der Waals surface area contributed by atoms with Crippen molar-refractivity contribution in [1.29, 1.82) is 0 Å². The highest BCUT2D eigenvalue weighted by molar-refractivity contribution is 9.10. The predicted octanol–water partition coefficient (Wildman–Crippen LogP) is 3.73. The minimum absolute atomic E-state index is 0.154. The molecule has 1 N–H and O–H groups in total. The molecule has 174 valence electrons. The van der Waals surface area contributed by atoms with E-state index in [0.29, 0.717) is 22.8 Å². The molecule has 0 unspecified atom stereocenters. The van der Waals surface area contributed by atoms with Gasteiger partial charge in [0.25, 0.3) is 0 Å². The largest absolute Gasteiger partial charge is 0.355 e. The van der Waals surface area contributed by atoms with Crippen LogP contribution in [0.4, 0.5) is 5.69 Å². The van der Waals surface area contributed by atoms with Gasteiger partial charge in [0, 0.05) is 22.6 Å². The van der Waals surface area contributed by atoms with Gasteiger partial charge >= 0.3 is 0 Å². The zero-order valence-corrected chi connectivity index (χ0v) is 21.6. The van der Waals surface area contributed by atoms with Gasteiger partial charge in [0.2, 0.25) is 21.8 Å². The Hall–Kier alpha value is -2.10. The van der Waals surface area contributed by atoms with Crippen molar-refractivity contribution in [3.63, 3.8) is 0 Å². The molecule has 0 saturated heterocycles. The monoisotopic (exact) mass is 543 g/mol. The highest BCUT2D eigenvalue weighted by atomic mass is 79.9. The summed E-state index contributed by atoms with van der Waals surface area (Å²) in [5.41, 5.74) is 1.79. The zero-order chi connectivity index (χ0) is 24.1. The van der Waals surface area contributed by atoms with Gasteiger partial charge in [-0.05, 0) is 62.2 Å². The number of nitrogens with zero attached hydrogens (tertiary/aromatic N) is 2. The van der Waals surface area contributed by atoms with Crippen LogP contribution in [0.2, 0.25) is 5.02 Å². The lowest BCUT2D eigenvalue weighted by molar-refractivity contribution is -0.139. The fraction of sp³-hybridized carbons (Fsp3) is 0.364. The minimum Gasteiger partial charge on any atom is -0.355 e. The number of amides is 2. The Balaban J connectivity index is 2.40. The van der Waals surface area contributed by atoms with E-state index in [4.69, 9.17) is 11.6 Å². The number of anilines is 1. The maximum absolute atomic E-state index is 13.4. The van der Waals surface area contributed by atoms with Crippen molar-refractivity contribution in [2.45, 2.75) is 33.4 Å². The molecule has 0 aliphatic rings. The Morgan fingerprint density at radius 3 is 2.31 bits per heavy atom. The van der Waals surface area contributed by atoms with Crippen LogP contribution >= 0.6 is 27.5 Å². The van der Waals surface area contributed by atoms with Crippen molar-refractivity contribution in [2.75, 3.05) is 23.7 Å². The van der Waals surface area contributed by atoms with Gasteiger partial charge in [0.1, 0.15) is 12.6 Å². The van der Waals surface area contributed by atoms with Crippen molar-refractivity contribution >= 4 is 55.1 Å². The lowest BCUT2D eigenvalue weighted by Crippen LogP contribution is -2.51. The Morgan fingerprint density at radius 2 is 1.78 bits per heavy atom. The highest BCUT2D eigenvalue weighted by Gasteiger charge is 2.30. The third-order valence-corrected chi connectivity index (χ3v) is 6.78. The molecule has 0 aliphatic heterocycles. The zero-order valence-electron chi connectivity index (χ0n) is 18.4. The smallest absolute Gasteiger partial charge is 0.244 e.